The summed E-state index contributed by atoms with van der Waals surface area (Å²) in [6.45, 7) is 3.69. The summed E-state index contributed by atoms with van der Waals surface area (Å²) in [6.07, 6.45) is 2.23. The number of halogens is 1. The highest BCUT2D eigenvalue weighted by Gasteiger charge is 2.18. The molecule has 2 unspecified atom stereocenters. The third-order valence-corrected chi connectivity index (χ3v) is 3.44. The third-order valence-electron chi connectivity index (χ3n) is 3.44. The van der Waals surface area contributed by atoms with Gasteiger partial charge in [-0.05, 0) is 44.4 Å². The summed E-state index contributed by atoms with van der Waals surface area (Å²) in [5.74, 6) is 0.0216. The number of anilines is 1. The number of piperidine rings is 1. The molecule has 4 nitrogen and oxygen atoms in total. The van der Waals surface area contributed by atoms with Crippen molar-refractivity contribution < 1.29 is 9.18 Å². The third kappa shape index (κ3) is 4.21. The van der Waals surface area contributed by atoms with E-state index in [2.05, 4.69) is 22.9 Å². The van der Waals surface area contributed by atoms with Crippen LogP contribution in [0.3, 0.4) is 0 Å². The molecule has 2 rings (SSSR count). The van der Waals surface area contributed by atoms with Crippen LogP contribution in [0.15, 0.2) is 24.3 Å². The van der Waals surface area contributed by atoms with Gasteiger partial charge >= 0.3 is 6.03 Å². The predicted molar refractivity (Wildman–Crippen MR) is 73.6 cm³/mol. The van der Waals surface area contributed by atoms with Gasteiger partial charge in [-0.25, -0.2) is 9.18 Å². The molecule has 5 heteroatoms. The van der Waals surface area contributed by atoms with Crippen LogP contribution in [0, 0.1) is 11.7 Å². The second kappa shape index (κ2) is 6.52. The maximum absolute atomic E-state index is 13.3. The molecule has 1 aliphatic heterocycles. The Hall–Kier alpha value is -1.62. The number of carbonyl (C=O) groups excluding carboxylic acids is 1. The molecule has 2 atom stereocenters. The number of hydrogen-bond acceptors (Lipinski definition) is 2. The molecule has 2 amide bonds. The fourth-order valence-electron chi connectivity index (χ4n) is 2.20. The Kier molecular flexibility index (Phi) is 4.74. The van der Waals surface area contributed by atoms with Gasteiger partial charge in [0.1, 0.15) is 5.82 Å². The van der Waals surface area contributed by atoms with Crippen LogP contribution in [0.4, 0.5) is 14.9 Å². The summed E-state index contributed by atoms with van der Waals surface area (Å²) < 4.78 is 13.3. The molecule has 1 aliphatic rings. The highest BCUT2D eigenvalue weighted by molar-refractivity contribution is 5.89. The number of rotatable bonds is 3. The number of nitrogens with one attached hydrogen (secondary N) is 3. The van der Waals surface area contributed by atoms with Gasteiger partial charge in [0.05, 0.1) is 5.69 Å². The second-order valence-electron chi connectivity index (χ2n) is 5.07. The van der Waals surface area contributed by atoms with E-state index in [0.717, 1.165) is 19.4 Å². The minimum atomic E-state index is -0.425. The van der Waals surface area contributed by atoms with Crippen molar-refractivity contribution in [3.8, 4) is 0 Å². The van der Waals surface area contributed by atoms with Crippen molar-refractivity contribution in [1.82, 2.24) is 10.6 Å². The van der Waals surface area contributed by atoms with Gasteiger partial charge in [-0.2, -0.15) is 0 Å². The Labute approximate surface area is 112 Å². The van der Waals surface area contributed by atoms with E-state index < -0.39 is 5.82 Å². The van der Waals surface area contributed by atoms with Crippen molar-refractivity contribution in [2.24, 2.45) is 5.92 Å². The average molecular weight is 265 g/mol. The minimum absolute atomic E-state index is 0.204. The van der Waals surface area contributed by atoms with Crippen LogP contribution in [0.1, 0.15) is 19.8 Å². The monoisotopic (exact) mass is 265 g/mol. The zero-order chi connectivity index (χ0) is 13.7. The average Bonchev–Trinajstić information content (AvgIpc) is 2.41. The first kappa shape index (κ1) is 13.8. The van der Waals surface area contributed by atoms with Crippen molar-refractivity contribution in [1.29, 1.82) is 0 Å². The molecule has 19 heavy (non-hydrogen) atoms. The van der Waals surface area contributed by atoms with E-state index in [1.54, 1.807) is 18.2 Å². The molecular formula is C14H20FN3O. The standard InChI is InChI=1S/C14H20FN3O/c1-10-6-7-11(8-16-10)9-17-14(19)18-13-5-3-2-4-12(13)15/h2-5,10-11,16H,6-9H2,1H3,(H2,17,18,19). The van der Waals surface area contributed by atoms with Crippen LogP contribution in [-0.2, 0) is 0 Å². The fraction of sp³-hybridized carbons (Fsp3) is 0.500. The normalized spacial score (nSPS) is 22.8. The van der Waals surface area contributed by atoms with Crippen LogP contribution >= 0.6 is 0 Å². The lowest BCUT2D eigenvalue weighted by Crippen LogP contribution is -2.42. The van der Waals surface area contributed by atoms with Gasteiger partial charge in [-0.3, -0.25) is 0 Å². The Morgan fingerprint density at radius 1 is 1.42 bits per heavy atom. The van der Waals surface area contributed by atoms with Crippen LogP contribution in [0.25, 0.3) is 0 Å². The smallest absolute Gasteiger partial charge is 0.319 e. The maximum Gasteiger partial charge on any atom is 0.319 e. The van der Waals surface area contributed by atoms with E-state index in [9.17, 15) is 9.18 Å². The van der Waals surface area contributed by atoms with Crippen molar-refractivity contribution >= 4 is 11.7 Å². The molecule has 1 saturated heterocycles. The molecule has 0 radical (unpaired) electrons. The van der Waals surface area contributed by atoms with Gasteiger partial charge in [-0.15, -0.1) is 0 Å². The zero-order valence-corrected chi connectivity index (χ0v) is 11.1. The van der Waals surface area contributed by atoms with Crippen LogP contribution in [0.2, 0.25) is 0 Å². The molecule has 1 fully saturated rings. The summed E-state index contributed by atoms with van der Waals surface area (Å²) in [6, 6.07) is 6.34. The number of carbonyl (C=O) groups is 1. The number of para-hydroxylation sites is 1. The lowest BCUT2D eigenvalue weighted by atomic mass is 9.95. The van der Waals surface area contributed by atoms with Crippen LogP contribution < -0.4 is 16.0 Å². The lowest BCUT2D eigenvalue weighted by molar-refractivity contribution is 0.246. The summed E-state index contributed by atoms with van der Waals surface area (Å²) in [4.78, 5) is 11.7. The molecule has 1 aromatic carbocycles. The SMILES string of the molecule is CC1CCC(CNC(=O)Nc2ccccc2F)CN1. The van der Waals surface area contributed by atoms with Crippen molar-refractivity contribution in [3.63, 3.8) is 0 Å². The Balaban J connectivity index is 1.74. The first-order valence-corrected chi connectivity index (χ1v) is 6.68. The molecule has 0 saturated carbocycles. The summed E-state index contributed by atoms with van der Waals surface area (Å²) in [5.41, 5.74) is 0.204. The minimum Gasteiger partial charge on any atom is -0.338 e. The van der Waals surface area contributed by atoms with Gasteiger partial charge in [0.15, 0.2) is 0 Å². The van der Waals surface area contributed by atoms with Crippen LogP contribution in [-0.4, -0.2) is 25.2 Å². The van der Waals surface area contributed by atoms with Gasteiger partial charge in [0, 0.05) is 12.6 Å². The van der Waals surface area contributed by atoms with Crippen molar-refractivity contribution in [2.75, 3.05) is 18.4 Å². The fourth-order valence-corrected chi connectivity index (χ4v) is 2.20. The molecule has 0 aliphatic carbocycles. The molecule has 1 aromatic rings. The van der Waals surface area contributed by atoms with E-state index in [-0.39, 0.29) is 11.7 Å². The summed E-state index contributed by atoms with van der Waals surface area (Å²) in [7, 11) is 0. The summed E-state index contributed by atoms with van der Waals surface area (Å²) >= 11 is 0. The van der Waals surface area contributed by atoms with Crippen molar-refractivity contribution in [3.05, 3.63) is 30.1 Å². The largest absolute Gasteiger partial charge is 0.338 e. The maximum atomic E-state index is 13.3. The molecule has 3 N–H and O–H groups in total. The number of hydrogen-bond donors (Lipinski definition) is 3. The topological polar surface area (TPSA) is 53.2 Å². The predicted octanol–water partition coefficient (Wildman–Crippen LogP) is 2.34. The Morgan fingerprint density at radius 2 is 2.21 bits per heavy atom. The van der Waals surface area contributed by atoms with Crippen molar-refractivity contribution in [2.45, 2.75) is 25.8 Å². The number of benzene rings is 1. The molecule has 0 aromatic heterocycles. The zero-order valence-electron chi connectivity index (χ0n) is 11.1. The number of urea groups is 1. The second-order valence-corrected chi connectivity index (χ2v) is 5.07. The summed E-state index contributed by atoms with van der Waals surface area (Å²) in [5, 5.41) is 8.68. The van der Waals surface area contributed by atoms with E-state index in [0.29, 0.717) is 18.5 Å². The quantitative estimate of drug-likeness (QED) is 0.785. The highest BCUT2D eigenvalue weighted by Crippen LogP contribution is 2.14. The van der Waals surface area contributed by atoms with Gasteiger partial charge < -0.3 is 16.0 Å². The van der Waals surface area contributed by atoms with Crippen LogP contribution in [0.5, 0.6) is 0 Å². The molecule has 104 valence electrons. The van der Waals surface area contributed by atoms with E-state index >= 15 is 0 Å². The van der Waals surface area contributed by atoms with Gasteiger partial charge in [-0.1, -0.05) is 12.1 Å². The Morgan fingerprint density at radius 3 is 2.89 bits per heavy atom. The molecule has 0 spiro atoms. The Bertz CT molecular complexity index is 430. The van der Waals surface area contributed by atoms with E-state index in [1.807, 2.05) is 0 Å². The highest BCUT2D eigenvalue weighted by atomic mass is 19.1. The first-order valence-electron chi connectivity index (χ1n) is 6.68. The van der Waals surface area contributed by atoms with E-state index in [1.165, 1.54) is 6.07 Å². The van der Waals surface area contributed by atoms with E-state index in [4.69, 9.17) is 0 Å². The van der Waals surface area contributed by atoms with Gasteiger partial charge in [0.25, 0.3) is 0 Å². The molecule has 1 heterocycles. The first-order chi connectivity index (χ1) is 9.15. The molecule has 0 bridgehead atoms. The lowest BCUT2D eigenvalue weighted by Gasteiger charge is -2.27. The molecular weight excluding hydrogens is 245 g/mol. The van der Waals surface area contributed by atoms with Gasteiger partial charge in [0.2, 0.25) is 0 Å². The number of amides is 2.